The molecule has 0 spiro atoms. The maximum absolute atomic E-state index is 7.60. The highest BCUT2D eigenvalue weighted by atomic mass is 14.9. The Morgan fingerprint density at radius 3 is 3.09 bits per heavy atom. The normalized spacial score (nSPS) is 24.3. The van der Waals surface area contributed by atoms with Crippen LogP contribution in [0, 0.1) is 5.41 Å². The third-order valence-electron chi connectivity index (χ3n) is 1.87. The zero-order valence-electron chi connectivity index (χ0n) is 6.85. The summed E-state index contributed by atoms with van der Waals surface area (Å²) in [6.07, 6.45) is 5.90. The van der Waals surface area contributed by atoms with Gasteiger partial charge in [0.05, 0.1) is 0 Å². The molecule has 1 heterocycles. The van der Waals surface area contributed by atoms with E-state index in [0.717, 1.165) is 13.0 Å². The van der Waals surface area contributed by atoms with Crippen LogP contribution in [0.1, 0.15) is 12.8 Å². The minimum Gasteiger partial charge on any atom is -0.394 e. The van der Waals surface area contributed by atoms with Gasteiger partial charge in [-0.3, -0.25) is 0 Å². The Bertz CT molecular complexity index is 157. The first kappa shape index (κ1) is 8.27. The molecule has 0 amide bonds. The van der Waals surface area contributed by atoms with E-state index < -0.39 is 0 Å². The van der Waals surface area contributed by atoms with Crippen LogP contribution in [0.5, 0.6) is 0 Å². The van der Waals surface area contributed by atoms with Gasteiger partial charge in [0.2, 0.25) is 0 Å². The van der Waals surface area contributed by atoms with Gasteiger partial charge in [-0.15, -0.1) is 0 Å². The molecule has 1 atom stereocenters. The summed E-state index contributed by atoms with van der Waals surface area (Å²) in [5, 5.41) is 13.7. The Hall–Kier alpha value is -0.830. The van der Waals surface area contributed by atoms with Crippen LogP contribution in [-0.4, -0.2) is 25.3 Å². The average Bonchev–Trinajstić information content (AvgIpc) is 2.52. The van der Waals surface area contributed by atoms with E-state index in [1.54, 1.807) is 6.20 Å². The molecule has 0 aliphatic carbocycles. The smallest absolute Gasteiger partial charge is 0.0497 e. The topological polar surface area (TPSA) is 47.9 Å². The molecule has 3 nitrogen and oxygen atoms in total. The summed E-state index contributed by atoms with van der Waals surface area (Å²) in [7, 11) is 1.84. The van der Waals surface area contributed by atoms with E-state index in [1.807, 2.05) is 13.1 Å². The second-order valence-corrected chi connectivity index (χ2v) is 2.73. The number of rotatable bonds is 3. The largest absolute Gasteiger partial charge is 0.394 e. The highest BCUT2D eigenvalue weighted by Crippen LogP contribution is 2.06. The molecule has 0 unspecified atom stereocenters. The molecule has 1 saturated heterocycles. The zero-order chi connectivity index (χ0) is 8.10. The van der Waals surface area contributed by atoms with Crippen molar-refractivity contribution in [3.63, 3.8) is 0 Å². The monoisotopic (exact) mass is 153 g/mol. The summed E-state index contributed by atoms with van der Waals surface area (Å²) in [5.74, 6) is 0. The molecule has 3 N–H and O–H groups in total. The quantitative estimate of drug-likeness (QED) is 0.517. The van der Waals surface area contributed by atoms with Crippen LogP contribution in [0.3, 0.4) is 0 Å². The zero-order valence-corrected chi connectivity index (χ0v) is 6.85. The molecule has 1 aliphatic rings. The molecule has 1 rings (SSSR count). The van der Waals surface area contributed by atoms with E-state index in [-0.39, 0.29) is 0 Å². The van der Waals surface area contributed by atoms with E-state index >= 15 is 0 Å². The lowest BCUT2D eigenvalue weighted by atomic mass is 10.1. The summed E-state index contributed by atoms with van der Waals surface area (Å²) >= 11 is 0. The fraction of sp³-hybridized carbons (Fsp3) is 0.625. The SMILES string of the molecule is CN/C=C\C(=N)[C@@H]1CCCN1. The van der Waals surface area contributed by atoms with Crippen LogP contribution in [0.4, 0.5) is 0 Å². The van der Waals surface area contributed by atoms with Gasteiger partial charge in [-0.2, -0.15) is 0 Å². The van der Waals surface area contributed by atoms with E-state index in [1.165, 1.54) is 6.42 Å². The van der Waals surface area contributed by atoms with Crippen molar-refractivity contribution in [3.05, 3.63) is 12.3 Å². The summed E-state index contributed by atoms with van der Waals surface area (Å²) < 4.78 is 0. The summed E-state index contributed by atoms with van der Waals surface area (Å²) in [6.45, 7) is 1.06. The second kappa shape index (κ2) is 4.13. The highest BCUT2D eigenvalue weighted by Gasteiger charge is 2.16. The van der Waals surface area contributed by atoms with Crippen LogP contribution in [0.25, 0.3) is 0 Å². The molecular weight excluding hydrogens is 138 g/mol. The van der Waals surface area contributed by atoms with Gasteiger partial charge >= 0.3 is 0 Å². The van der Waals surface area contributed by atoms with E-state index in [0.29, 0.717) is 11.8 Å². The molecule has 62 valence electrons. The van der Waals surface area contributed by atoms with Crippen LogP contribution < -0.4 is 10.6 Å². The Labute approximate surface area is 67.4 Å². The second-order valence-electron chi connectivity index (χ2n) is 2.73. The third-order valence-corrected chi connectivity index (χ3v) is 1.87. The minimum absolute atomic E-state index is 0.291. The summed E-state index contributed by atoms with van der Waals surface area (Å²) in [5.41, 5.74) is 0.678. The Morgan fingerprint density at radius 1 is 1.73 bits per heavy atom. The van der Waals surface area contributed by atoms with Crippen LogP contribution in [0.2, 0.25) is 0 Å². The Kier molecular flexibility index (Phi) is 3.11. The van der Waals surface area contributed by atoms with Gasteiger partial charge in [0.25, 0.3) is 0 Å². The molecule has 0 saturated carbocycles. The lowest BCUT2D eigenvalue weighted by Crippen LogP contribution is -2.28. The standard InChI is InChI=1S/C8H15N3/c1-10-6-4-7(9)8-3-2-5-11-8/h4,6,8-11H,2-3,5H2,1H3/b6-4-,9-7?/t8-/m0/s1. The maximum atomic E-state index is 7.60. The van der Waals surface area contributed by atoms with Crippen LogP contribution in [0.15, 0.2) is 12.3 Å². The van der Waals surface area contributed by atoms with Crippen molar-refractivity contribution < 1.29 is 0 Å². The predicted octanol–water partition coefficient (Wildman–Crippen LogP) is 0.491. The molecule has 0 aromatic carbocycles. The molecule has 0 radical (unpaired) electrons. The molecule has 0 aromatic rings. The third kappa shape index (κ3) is 2.35. The van der Waals surface area contributed by atoms with E-state index in [2.05, 4.69) is 10.6 Å². The van der Waals surface area contributed by atoms with Crippen molar-refractivity contribution in [2.45, 2.75) is 18.9 Å². The fourth-order valence-electron chi connectivity index (χ4n) is 1.24. The molecule has 11 heavy (non-hydrogen) atoms. The highest BCUT2D eigenvalue weighted by molar-refractivity contribution is 5.96. The van der Waals surface area contributed by atoms with Crippen molar-refractivity contribution in [3.8, 4) is 0 Å². The first-order valence-corrected chi connectivity index (χ1v) is 4.00. The molecule has 1 fully saturated rings. The van der Waals surface area contributed by atoms with Gasteiger partial charge in [-0.05, 0) is 31.7 Å². The Morgan fingerprint density at radius 2 is 2.55 bits per heavy atom. The molecule has 0 aromatic heterocycles. The van der Waals surface area contributed by atoms with E-state index in [4.69, 9.17) is 5.41 Å². The van der Waals surface area contributed by atoms with Gasteiger partial charge in [-0.1, -0.05) is 0 Å². The summed E-state index contributed by atoms with van der Waals surface area (Å²) in [6, 6.07) is 0.291. The number of hydrogen-bond acceptors (Lipinski definition) is 3. The van der Waals surface area contributed by atoms with E-state index in [9.17, 15) is 0 Å². The fourth-order valence-corrected chi connectivity index (χ4v) is 1.24. The van der Waals surface area contributed by atoms with Crippen molar-refractivity contribution in [1.29, 1.82) is 5.41 Å². The Balaban J connectivity index is 2.34. The van der Waals surface area contributed by atoms with Crippen LogP contribution >= 0.6 is 0 Å². The van der Waals surface area contributed by atoms with Crippen molar-refractivity contribution >= 4 is 5.71 Å². The predicted molar refractivity (Wildman–Crippen MR) is 47.0 cm³/mol. The first-order chi connectivity index (χ1) is 5.34. The van der Waals surface area contributed by atoms with Gasteiger partial charge in [0.15, 0.2) is 0 Å². The minimum atomic E-state index is 0.291. The number of hydrogen-bond donors (Lipinski definition) is 3. The van der Waals surface area contributed by atoms with Gasteiger partial charge in [-0.25, -0.2) is 0 Å². The average molecular weight is 153 g/mol. The maximum Gasteiger partial charge on any atom is 0.0497 e. The van der Waals surface area contributed by atoms with Crippen LogP contribution in [-0.2, 0) is 0 Å². The van der Waals surface area contributed by atoms with Crippen molar-refractivity contribution in [2.75, 3.05) is 13.6 Å². The molecule has 3 heteroatoms. The molecule has 1 aliphatic heterocycles. The molecular formula is C8H15N3. The van der Waals surface area contributed by atoms with Crippen molar-refractivity contribution in [1.82, 2.24) is 10.6 Å². The number of nitrogens with one attached hydrogen (secondary N) is 3. The van der Waals surface area contributed by atoms with Crippen molar-refractivity contribution in [2.24, 2.45) is 0 Å². The summed E-state index contributed by atoms with van der Waals surface area (Å²) in [4.78, 5) is 0. The molecule has 0 bridgehead atoms. The van der Waals surface area contributed by atoms with Gasteiger partial charge in [0.1, 0.15) is 0 Å². The lowest BCUT2D eigenvalue weighted by Gasteiger charge is -2.06. The van der Waals surface area contributed by atoms with Gasteiger partial charge in [0, 0.05) is 18.8 Å². The van der Waals surface area contributed by atoms with Gasteiger partial charge < -0.3 is 16.0 Å². The lowest BCUT2D eigenvalue weighted by molar-refractivity contribution is 0.760. The first-order valence-electron chi connectivity index (χ1n) is 4.00.